The van der Waals surface area contributed by atoms with Crippen LogP contribution in [0.3, 0.4) is 0 Å². The monoisotopic (exact) mass is 170 g/mol. The van der Waals surface area contributed by atoms with Crippen molar-refractivity contribution in [2.24, 2.45) is 0 Å². The molecule has 1 atom stereocenters. The zero-order valence-corrected chi connectivity index (χ0v) is 7.79. The van der Waals surface area contributed by atoms with E-state index >= 15 is 0 Å². The van der Waals surface area contributed by atoms with Crippen molar-refractivity contribution in [3.63, 3.8) is 0 Å². The van der Waals surface area contributed by atoms with Crippen molar-refractivity contribution in [2.45, 2.75) is 25.0 Å². The fourth-order valence-electron chi connectivity index (χ4n) is 2.35. The number of rotatable bonds is 1. The fourth-order valence-corrected chi connectivity index (χ4v) is 2.35. The molecule has 0 unspecified atom stereocenters. The van der Waals surface area contributed by atoms with E-state index in [9.17, 15) is 5.11 Å². The van der Waals surface area contributed by atoms with E-state index in [0.29, 0.717) is 0 Å². The number of nitrogens with zero attached hydrogens (tertiary/aromatic N) is 2. The van der Waals surface area contributed by atoms with Crippen molar-refractivity contribution in [2.75, 3.05) is 33.2 Å². The van der Waals surface area contributed by atoms with Crippen LogP contribution in [0.4, 0.5) is 0 Å². The maximum Gasteiger partial charge on any atom is 0.132 e. The Kier molecular flexibility index (Phi) is 2.10. The van der Waals surface area contributed by atoms with E-state index in [1.165, 1.54) is 12.8 Å². The van der Waals surface area contributed by atoms with Crippen LogP contribution in [-0.4, -0.2) is 53.9 Å². The second-order valence-corrected chi connectivity index (χ2v) is 4.16. The summed E-state index contributed by atoms with van der Waals surface area (Å²) in [5.74, 6) is 0. The van der Waals surface area contributed by atoms with Crippen LogP contribution < -0.4 is 0 Å². The lowest BCUT2D eigenvalue weighted by atomic mass is 10.1. The van der Waals surface area contributed by atoms with Gasteiger partial charge in [-0.2, -0.15) is 0 Å². The SMILES string of the molecule is CN1CC[C@@](O)(N2CCCC2)C1. The van der Waals surface area contributed by atoms with Crippen molar-refractivity contribution in [3.05, 3.63) is 0 Å². The number of hydrogen-bond acceptors (Lipinski definition) is 3. The summed E-state index contributed by atoms with van der Waals surface area (Å²) in [6.45, 7) is 4.04. The Balaban J connectivity index is 2.00. The summed E-state index contributed by atoms with van der Waals surface area (Å²) in [7, 11) is 2.08. The molecule has 0 aromatic carbocycles. The summed E-state index contributed by atoms with van der Waals surface area (Å²) in [4.78, 5) is 4.45. The van der Waals surface area contributed by atoms with Gasteiger partial charge >= 0.3 is 0 Å². The van der Waals surface area contributed by atoms with Gasteiger partial charge in [0.15, 0.2) is 0 Å². The highest BCUT2D eigenvalue weighted by atomic mass is 16.3. The van der Waals surface area contributed by atoms with Crippen LogP contribution in [0, 0.1) is 0 Å². The highest BCUT2D eigenvalue weighted by molar-refractivity contribution is 4.90. The zero-order valence-electron chi connectivity index (χ0n) is 7.79. The molecule has 1 N–H and O–H groups in total. The lowest BCUT2D eigenvalue weighted by Crippen LogP contribution is -2.48. The first-order valence-electron chi connectivity index (χ1n) is 4.87. The van der Waals surface area contributed by atoms with Crippen LogP contribution in [0.15, 0.2) is 0 Å². The van der Waals surface area contributed by atoms with E-state index in [1.807, 2.05) is 0 Å². The van der Waals surface area contributed by atoms with Crippen LogP contribution in [0.2, 0.25) is 0 Å². The number of likely N-dealkylation sites (tertiary alicyclic amines) is 2. The molecule has 0 aromatic heterocycles. The molecule has 2 heterocycles. The summed E-state index contributed by atoms with van der Waals surface area (Å²) >= 11 is 0. The minimum atomic E-state index is -0.495. The molecule has 0 aliphatic carbocycles. The van der Waals surface area contributed by atoms with Gasteiger partial charge in [0, 0.05) is 32.6 Å². The minimum absolute atomic E-state index is 0.495. The van der Waals surface area contributed by atoms with Gasteiger partial charge in [-0.1, -0.05) is 0 Å². The first-order chi connectivity index (χ1) is 5.71. The molecule has 2 saturated heterocycles. The van der Waals surface area contributed by atoms with E-state index in [-0.39, 0.29) is 0 Å². The van der Waals surface area contributed by atoms with Gasteiger partial charge in [-0.15, -0.1) is 0 Å². The van der Waals surface area contributed by atoms with Crippen molar-refractivity contribution in [3.8, 4) is 0 Å². The van der Waals surface area contributed by atoms with Gasteiger partial charge in [0.25, 0.3) is 0 Å². The van der Waals surface area contributed by atoms with Crippen LogP contribution in [0.1, 0.15) is 19.3 Å². The average Bonchev–Trinajstić information content (AvgIpc) is 2.59. The third kappa shape index (κ3) is 1.37. The first kappa shape index (κ1) is 8.48. The Labute approximate surface area is 74.0 Å². The molecule has 0 amide bonds. The van der Waals surface area contributed by atoms with Gasteiger partial charge in [0.1, 0.15) is 5.72 Å². The van der Waals surface area contributed by atoms with Gasteiger partial charge in [-0.3, -0.25) is 4.90 Å². The van der Waals surface area contributed by atoms with Gasteiger partial charge in [0.05, 0.1) is 0 Å². The largest absolute Gasteiger partial charge is 0.374 e. The molecular formula is C9H18N2O. The second-order valence-electron chi connectivity index (χ2n) is 4.16. The number of hydrogen-bond donors (Lipinski definition) is 1. The summed E-state index contributed by atoms with van der Waals surface area (Å²) in [6.07, 6.45) is 3.43. The summed E-state index contributed by atoms with van der Waals surface area (Å²) in [6, 6.07) is 0. The first-order valence-corrected chi connectivity index (χ1v) is 4.87. The molecule has 12 heavy (non-hydrogen) atoms. The van der Waals surface area contributed by atoms with E-state index in [2.05, 4.69) is 16.8 Å². The van der Waals surface area contributed by atoms with Gasteiger partial charge in [0.2, 0.25) is 0 Å². The molecule has 0 radical (unpaired) electrons. The van der Waals surface area contributed by atoms with Crippen LogP contribution in [0.25, 0.3) is 0 Å². The summed E-state index contributed by atoms with van der Waals surface area (Å²) in [5.41, 5.74) is -0.495. The van der Waals surface area contributed by atoms with E-state index in [0.717, 1.165) is 32.6 Å². The maximum atomic E-state index is 10.2. The van der Waals surface area contributed by atoms with E-state index < -0.39 is 5.72 Å². The Morgan fingerprint density at radius 1 is 1.17 bits per heavy atom. The number of β-amino-alcohol motifs (C(OH)–C–C–N with tert-alkyl or cyclic N) is 1. The fraction of sp³-hybridized carbons (Fsp3) is 1.00. The van der Waals surface area contributed by atoms with Gasteiger partial charge in [-0.25, -0.2) is 0 Å². The molecule has 2 rings (SSSR count). The quantitative estimate of drug-likeness (QED) is 0.605. The Morgan fingerprint density at radius 3 is 2.33 bits per heavy atom. The standard InChI is InChI=1S/C9H18N2O/c1-10-7-4-9(12,8-10)11-5-2-3-6-11/h12H,2-8H2,1H3/t9-/m0/s1. The molecule has 0 aromatic rings. The van der Waals surface area contributed by atoms with Crippen molar-refractivity contribution >= 4 is 0 Å². The lowest BCUT2D eigenvalue weighted by Gasteiger charge is -2.33. The normalized spacial score (nSPS) is 39.5. The highest BCUT2D eigenvalue weighted by Gasteiger charge is 2.40. The van der Waals surface area contributed by atoms with Crippen molar-refractivity contribution < 1.29 is 5.11 Å². The van der Waals surface area contributed by atoms with E-state index in [1.54, 1.807) is 0 Å². The molecule has 0 bridgehead atoms. The number of likely N-dealkylation sites (N-methyl/N-ethyl adjacent to an activating group) is 1. The van der Waals surface area contributed by atoms with E-state index in [4.69, 9.17) is 0 Å². The third-order valence-electron chi connectivity index (χ3n) is 3.11. The molecule has 3 heteroatoms. The van der Waals surface area contributed by atoms with Crippen LogP contribution >= 0.6 is 0 Å². The average molecular weight is 170 g/mol. The molecule has 0 spiro atoms. The molecule has 2 fully saturated rings. The zero-order chi connectivity index (χ0) is 8.60. The Hall–Kier alpha value is -0.120. The molecule has 2 aliphatic rings. The molecule has 70 valence electrons. The molecule has 3 nitrogen and oxygen atoms in total. The maximum absolute atomic E-state index is 10.2. The smallest absolute Gasteiger partial charge is 0.132 e. The van der Waals surface area contributed by atoms with Crippen LogP contribution in [-0.2, 0) is 0 Å². The van der Waals surface area contributed by atoms with Crippen molar-refractivity contribution in [1.82, 2.24) is 9.80 Å². The third-order valence-corrected chi connectivity index (χ3v) is 3.11. The highest BCUT2D eigenvalue weighted by Crippen LogP contribution is 2.27. The predicted molar refractivity (Wildman–Crippen MR) is 47.9 cm³/mol. The summed E-state index contributed by atoms with van der Waals surface area (Å²) < 4.78 is 0. The molecule has 2 aliphatic heterocycles. The summed E-state index contributed by atoms with van der Waals surface area (Å²) in [5, 5.41) is 10.2. The van der Waals surface area contributed by atoms with Crippen LogP contribution in [0.5, 0.6) is 0 Å². The topological polar surface area (TPSA) is 26.7 Å². The minimum Gasteiger partial charge on any atom is -0.374 e. The molecule has 0 saturated carbocycles. The predicted octanol–water partition coefficient (Wildman–Crippen LogP) is 0.106. The Morgan fingerprint density at radius 2 is 1.83 bits per heavy atom. The van der Waals surface area contributed by atoms with Gasteiger partial charge in [-0.05, 0) is 19.9 Å². The van der Waals surface area contributed by atoms with Crippen molar-refractivity contribution in [1.29, 1.82) is 0 Å². The second kappa shape index (κ2) is 2.98. The Bertz CT molecular complexity index is 168. The van der Waals surface area contributed by atoms with Gasteiger partial charge < -0.3 is 10.0 Å². The lowest BCUT2D eigenvalue weighted by molar-refractivity contribution is -0.0853. The number of aliphatic hydroxyl groups is 1. The molecular weight excluding hydrogens is 152 g/mol.